The highest BCUT2D eigenvalue weighted by atomic mass is 19.1. The largest absolute Gasteiger partial charge is 0.486 e. The summed E-state index contributed by atoms with van der Waals surface area (Å²) in [5.74, 6) is 0.561. The summed E-state index contributed by atoms with van der Waals surface area (Å²) >= 11 is 0. The second kappa shape index (κ2) is 5.88. The van der Waals surface area contributed by atoms with Crippen LogP contribution in [-0.4, -0.2) is 54.5 Å². The standard InChI is InChI=1S/C17H23FN2O2/c1-11(2)6-7-20-9-14-16(10-20)22-15-8-12(18)4-5-13(15)17(21)19(14)3/h4-5,8,11,14,16H,6-7,9-10H2,1-3H3. The Bertz CT molecular complexity index is 576. The van der Waals surface area contributed by atoms with Crippen molar-refractivity contribution < 1.29 is 13.9 Å². The van der Waals surface area contributed by atoms with Crippen LogP contribution in [0.15, 0.2) is 18.2 Å². The zero-order valence-corrected chi connectivity index (χ0v) is 13.4. The van der Waals surface area contributed by atoms with Crippen molar-refractivity contribution in [1.29, 1.82) is 0 Å². The van der Waals surface area contributed by atoms with Crippen LogP contribution in [0.3, 0.4) is 0 Å². The number of hydrogen-bond acceptors (Lipinski definition) is 3. The van der Waals surface area contributed by atoms with Crippen LogP contribution >= 0.6 is 0 Å². The molecule has 0 aliphatic carbocycles. The minimum absolute atomic E-state index is 0.0233. The Hall–Kier alpha value is -1.62. The van der Waals surface area contributed by atoms with E-state index in [4.69, 9.17) is 4.74 Å². The van der Waals surface area contributed by atoms with Crippen molar-refractivity contribution >= 4 is 5.91 Å². The lowest BCUT2D eigenvalue weighted by molar-refractivity contribution is 0.0682. The quantitative estimate of drug-likeness (QED) is 0.859. The van der Waals surface area contributed by atoms with Crippen LogP contribution in [-0.2, 0) is 0 Å². The second-order valence-corrected chi connectivity index (χ2v) is 6.72. The highest BCUT2D eigenvalue weighted by Gasteiger charge is 2.42. The van der Waals surface area contributed by atoms with Gasteiger partial charge >= 0.3 is 0 Å². The monoisotopic (exact) mass is 306 g/mol. The maximum Gasteiger partial charge on any atom is 0.257 e. The van der Waals surface area contributed by atoms with Crippen molar-refractivity contribution in [2.24, 2.45) is 5.92 Å². The van der Waals surface area contributed by atoms with Gasteiger partial charge in [0.1, 0.15) is 17.7 Å². The lowest BCUT2D eigenvalue weighted by atomic mass is 10.1. The van der Waals surface area contributed by atoms with E-state index in [0.717, 1.165) is 26.1 Å². The van der Waals surface area contributed by atoms with Crippen molar-refractivity contribution in [3.8, 4) is 5.75 Å². The number of carbonyl (C=O) groups is 1. The SMILES string of the molecule is CC(C)CCN1CC2Oc3cc(F)ccc3C(=O)N(C)C2C1. The predicted molar refractivity (Wildman–Crippen MR) is 82.6 cm³/mol. The summed E-state index contributed by atoms with van der Waals surface area (Å²) in [6.07, 6.45) is 1.03. The zero-order chi connectivity index (χ0) is 15.9. The number of likely N-dealkylation sites (N-methyl/N-ethyl adjacent to an activating group) is 1. The number of ether oxygens (including phenoxy) is 1. The van der Waals surface area contributed by atoms with Crippen molar-refractivity contribution in [2.75, 3.05) is 26.7 Å². The summed E-state index contributed by atoms with van der Waals surface area (Å²) in [5.41, 5.74) is 0.451. The summed E-state index contributed by atoms with van der Waals surface area (Å²) in [5, 5.41) is 0. The van der Waals surface area contributed by atoms with Crippen LogP contribution < -0.4 is 4.74 Å². The Balaban J connectivity index is 1.81. The Morgan fingerprint density at radius 1 is 1.36 bits per heavy atom. The molecule has 2 heterocycles. The van der Waals surface area contributed by atoms with Gasteiger partial charge in [-0.25, -0.2) is 4.39 Å². The van der Waals surface area contributed by atoms with E-state index in [2.05, 4.69) is 18.7 Å². The van der Waals surface area contributed by atoms with E-state index in [9.17, 15) is 9.18 Å². The molecule has 4 nitrogen and oxygen atoms in total. The Kier molecular flexibility index (Phi) is 4.08. The smallest absolute Gasteiger partial charge is 0.257 e. The minimum Gasteiger partial charge on any atom is -0.486 e. The Morgan fingerprint density at radius 3 is 2.86 bits per heavy atom. The van der Waals surface area contributed by atoms with Gasteiger partial charge in [-0.15, -0.1) is 0 Å². The molecule has 0 aromatic heterocycles. The summed E-state index contributed by atoms with van der Waals surface area (Å²) in [6, 6.07) is 4.17. The normalized spacial score (nSPS) is 25.0. The van der Waals surface area contributed by atoms with E-state index < -0.39 is 0 Å². The van der Waals surface area contributed by atoms with Gasteiger partial charge in [-0.2, -0.15) is 0 Å². The highest BCUT2D eigenvalue weighted by molar-refractivity contribution is 5.97. The molecule has 2 unspecified atom stereocenters. The maximum absolute atomic E-state index is 13.5. The van der Waals surface area contributed by atoms with Crippen LogP contribution in [0.5, 0.6) is 5.75 Å². The first-order valence-corrected chi connectivity index (χ1v) is 7.91. The van der Waals surface area contributed by atoms with Gasteiger partial charge in [0.2, 0.25) is 0 Å². The van der Waals surface area contributed by atoms with Crippen molar-refractivity contribution in [3.05, 3.63) is 29.6 Å². The third-order valence-electron chi connectivity index (χ3n) is 4.61. The molecule has 2 aliphatic heterocycles. The van der Waals surface area contributed by atoms with E-state index >= 15 is 0 Å². The summed E-state index contributed by atoms with van der Waals surface area (Å²) < 4.78 is 19.5. The molecule has 0 radical (unpaired) electrons. The van der Waals surface area contributed by atoms with Gasteiger partial charge in [0, 0.05) is 26.2 Å². The molecule has 1 aromatic carbocycles. The zero-order valence-electron chi connectivity index (χ0n) is 13.4. The van der Waals surface area contributed by atoms with Gasteiger partial charge in [0.25, 0.3) is 5.91 Å². The third kappa shape index (κ3) is 2.82. The molecule has 2 aliphatic rings. The average Bonchev–Trinajstić information content (AvgIpc) is 2.83. The molecule has 0 saturated carbocycles. The molecule has 3 rings (SSSR count). The minimum atomic E-state index is -0.373. The molecular formula is C17H23FN2O2. The third-order valence-corrected chi connectivity index (χ3v) is 4.61. The first-order chi connectivity index (χ1) is 10.5. The fraction of sp³-hybridized carbons (Fsp3) is 0.588. The van der Waals surface area contributed by atoms with Crippen molar-refractivity contribution in [1.82, 2.24) is 9.80 Å². The molecule has 2 atom stereocenters. The van der Waals surface area contributed by atoms with Crippen LogP contribution in [0, 0.1) is 11.7 Å². The fourth-order valence-corrected chi connectivity index (χ4v) is 3.22. The molecule has 5 heteroatoms. The number of carbonyl (C=O) groups excluding carboxylic acids is 1. The first-order valence-electron chi connectivity index (χ1n) is 7.91. The molecule has 22 heavy (non-hydrogen) atoms. The van der Waals surface area contributed by atoms with Gasteiger partial charge in [0.05, 0.1) is 11.6 Å². The van der Waals surface area contributed by atoms with Gasteiger partial charge in [-0.3, -0.25) is 9.69 Å². The molecule has 1 aromatic rings. The van der Waals surface area contributed by atoms with Crippen LogP contribution in [0.2, 0.25) is 0 Å². The van der Waals surface area contributed by atoms with Crippen molar-refractivity contribution in [3.63, 3.8) is 0 Å². The number of nitrogens with zero attached hydrogens (tertiary/aromatic N) is 2. The van der Waals surface area contributed by atoms with E-state index in [1.807, 2.05) is 7.05 Å². The van der Waals surface area contributed by atoms with Gasteiger partial charge in [0.15, 0.2) is 0 Å². The molecule has 0 bridgehead atoms. The van der Waals surface area contributed by atoms with Crippen LogP contribution in [0.1, 0.15) is 30.6 Å². The number of likely N-dealkylation sites (tertiary alicyclic amines) is 1. The molecular weight excluding hydrogens is 283 g/mol. The topological polar surface area (TPSA) is 32.8 Å². The summed E-state index contributed by atoms with van der Waals surface area (Å²) in [4.78, 5) is 16.7. The van der Waals surface area contributed by atoms with E-state index in [0.29, 0.717) is 17.2 Å². The lowest BCUT2D eigenvalue weighted by Crippen LogP contribution is -2.44. The number of rotatable bonds is 3. The number of halogens is 1. The van der Waals surface area contributed by atoms with Gasteiger partial charge < -0.3 is 9.64 Å². The first kappa shape index (κ1) is 15.3. The van der Waals surface area contributed by atoms with E-state index in [1.165, 1.54) is 18.2 Å². The Labute approximate surface area is 130 Å². The molecule has 120 valence electrons. The van der Waals surface area contributed by atoms with Crippen molar-refractivity contribution in [2.45, 2.75) is 32.4 Å². The van der Waals surface area contributed by atoms with E-state index in [1.54, 1.807) is 4.90 Å². The lowest BCUT2D eigenvalue weighted by Gasteiger charge is -2.25. The highest BCUT2D eigenvalue weighted by Crippen LogP contribution is 2.31. The maximum atomic E-state index is 13.5. The molecule has 1 saturated heterocycles. The van der Waals surface area contributed by atoms with E-state index in [-0.39, 0.29) is 23.9 Å². The Morgan fingerprint density at radius 2 is 2.14 bits per heavy atom. The number of amides is 1. The average molecular weight is 306 g/mol. The molecule has 0 spiro atoms. The molecule has 0 N–H and O–H groups in total. The van der Waals surface area contributed by atoms with Crippen LogP contribution in [0.25, 0.3) is 0 Å². The predicted octanol–water partition coefficient (Wildman–Crippen LogP) is 2.39. The number of hydrogen-bond donors (Lipinski definition) is 0. The summed E-state index contributed by atoms with van der Waals surface area (Å²) in [6.45, 7) is 7.02. The second-order valence-electron chi connectivity index (χ2n) is 6.72. The fourth-order valence-electron chi connectivity index (χ4n) is 3.22. The number of fused-ring (bicyclic) bond motifs is 2. The van der Waals surface area contributed by atoms with Gasteiger partial charge in [-0.05, 0) is 31.0 Å². The summed E-state index contributed by atoms with van der Waals surface area (Å²) in [7, 11) is 1.81. The van der Waals surface area contributed by atoms with Crippen LogP contribution in [0.4, 0.5) is 4.39 Å². The molecule has 1 fully saturated rings. The molecule has 1 amide bonds. The number of benzene rings is 1. The van der Waals surface area contributed by atoms with Gasteiger partial charge in [-0.1, -0.05) is 13.8 Å².